The molecular formula is C19H26N4O3. The summed E-state index contributed by atoms with van der Waals surface area (Å²) in [5, 5.41) is 5.65. The van der Waals surface area contributed by atoms with Crippen molar-refractivity contribution in [3.63, 3.8) is 0 Å². The number of nitrogens with one attached hydrogen (secondary N) is 2. The lowest BCUT2D eigenvalue weighted by Gasteiger charge is -2.25. The van der Waals surface area contributed by atoms with Crippen molar-refractivity contribution in [2.45, 2.75) is 37.3 Å². The van der Waals surface area contributed by atoms with Crippen LogP contribution in [-0.4, -0.2) is 60.4 Å². The fraction of sp³-hybridized carbons (Fsp3) is 0.526. The van der Waals surface area contributed by atoms with E-state index in [1.807, 2.05) is 49.3 Å². The molecule has 2 fully saturated rings. The monoisotopic (exact) mass is 358 g/mol. The van der Waals surface area contributed by atoms with Crippen molar-refractivity contribution in [1.82, 2.24) is 20.4 Å². The predicted molar refractivity (Wildman–Crippen MR) is 97.3 cm³/mol. The first-order chi connectivity index (χ1) is 12.4. The van der Waals surface area contributed by atoms with Crippen molar-refractivity contribution >= 4 is 17.8 Å². The maximum absolute atomic E-state index is 12.6. The molecule has 7 nitrogen and oxygen atoms in total. The summed E-state index contributed by atoms with van der Waals surface area (Å²) in [5.74, 6) is -0.589. The Balaban J connectivity index is 1.58. The summed E-state index contributed by atoms with van der Waals surface area (Å²) in [4.78, 5) is 40.2. The molecule has 1 atom stereocenters. The van der Waals surface area contributed by atoms with Crippen LogP contribution < -0.4 is 10.6 Å². The Bertz CT molecular complexity index is 683. The molecule has 2 aliphatic rings. The second-order valence-electron chi connectivity index (χ2n) is 7.30. The summed E-state index contributed by atoms with van der Waals surface area (Å²) in [6, 6.07) is 9.45. The third-order valence-electron chi connectivity index (χ3n) is 5.30. The number of imide groups is 1. The summed E-state index contributed by atoms with van der Waals surface area (Å²) in [7, 11) is 3.90. The Morgan fingerprint density at radius 1 is 1.23 bits per heavy atom. The van der Waals surface area contributed by atoms with Gasteiger partial charge >= 0.3 is 6.03 Å². The number of amides is 4. The zero-order chi connectivity index (χ0) is 18.7. The molecule has 1 spiro atoms. The maximum Gasteiger partial charge on any atom is 0.325 e. The molecule has 0 aromatic heterocycles. The second-order valence-corrected chi connectivity index (χ2v) is 7.30. The fourth-order valence-electron chi connectivity index (χ4n) is 3.82. The van der Waals surface area contributed by atoms with Gasteiger partial charge < -0.3 is 15.5 Å². The van der Waals surface area contributed by atoms with E-state index in [4.69, 9.17) is 0 Å². The van der Waals surface area contributed by atoms with Gasteiger partial charge in [-0.2, -0.15) is 0 Å². The summed E-state index contributed by atoms with van der Waals surface area (Å²) in [6.07, 6.45) is 3.17. The largest absolute Gasteiger partial charge is 0.353 e. The van der Waals surface area contributed by atoms with Crippen LogP contribution in [0.5, 0.6) is 0 Å². The molecule has 7 heteroatoms. The summed E-state index contributed by atoms with van der Waals surface area (Å²) < 4.78 is 0. The molecule has 140 valence electrons. The van der Waals surface area contributed by atoms with Gasteiger partial charge in [0.25, 0.3) is 5.91 Å². The SMILES string of the molecule is CN(C)[C@H](CNC(=O)CN1C(=O)NC2(CCCC2)C1=O)c1ccccc1. The van der Waals surface area contributed by atoms with Crippen molar-refractivity contribution in [3.05, 3.63) is 35.9 Å². The molecule has 1 aromatic carbocycles. The minimum atomic E-state index is -0.770. The lowest BCUT2D eigenvalue weighted by Crippen LogP contribution is -2.46. The number of rotatable bonds is 6. The molecule has 1 aromatic rings. The van der Waals surface area contributed by atoms with Gasteiger partial charge in [-0.15, -0.1) is 0 Å². The van der Waals surface area contributed by atoms with Crippen LogP contribution in [0, 0.1) is 0 Å². The first-order valence-corrected chi connectivity index (χ1v) is 9.05. The van der Waals surface area contributed by atoms with Crippen LogP contribution in [0.15, 0.2) is 30.3 Å². The molecule has 3 rings (SSSR count). The van der Waals surface area contributed by atoms with E-state index in [2.05, 4.69) is 10.6 Å². The highest BCUT2D eigenvalue weighted by Crippen LogP contribution is 2.34. The smallest absolute Gasteiger partial charge is 0.325 e. The van der Waals surface area contributed by atoms with Gasteiger partial charge in [-0.1, -0.05) is 43.2 Å². The first-order valence-electron chi connectivity index (χ1n) is 9.05. The van der Waals surface area contributed by atoms with Crippen LogP contribution in [0.2, 0.25) is 0 Å². The van der Waals surface area contributed by atoms with E-state index in [0.717, 1.165) is 23.3 Å². The average Bonchev–Trinajstić information content (AvgIpc) is 3.17. The lowest BCUT2D eigenvalue weighted by molar-refractivity contribution is -0.134. The molecular weight excluding hydrogens is 332 g/mol. The zero-order valence-corrected chi connectivity index (χ0v) is 15.3. The van der Waals surface area contributed by atoms with Gasteiger partial charge in [0.2, 0.25) is 5.91 Å². The van der Waals surface area contributed by atoms with Crippen LogP contribution >= 0.6 is 0 Å². The van der Waals surface area contributed by atoms with Crippen molar-refractivity contribution < 1.29 is 14.4 Å². The van der Waals surface area contributed by atoms with E-state index in [1.165, 1.54) is 0 Å². The van der Waals surface area contributed by atoms with E-state index >= 15 is 0 Å². The summed E-state index contributed by atoms with van der Waals surface area (Å²) in [6.45, 7) is 0.173. The van der Waals surface area contributed by atoms with Crippen LogP contribution in [0.4, 0.5) is 4.79 Å². The van der Waals surface area contributed by atoms with Gasteiger partial charge in [-0.25, -0.2) is 4.79 Å². The van der Waals surface area contributed by atoms with Gasteiger partial charge in [-0.05, 0) is 32.5 Å². The van der Waals surface area contributed by atoms with E-state index < -0.39 is 11.6 Å². The molecule has 26 heavy (non-hydrogen) atoms. The third-order valence-corrected chi connectivity index (χ3v) is 5.30. The predicted octanol–water partition coefficient (Wildman–Crippen LogP) is 1.27. The molecule has 4 amide bonds. The van der Waals surface area contributed by atoms with Crippen molar-refractivity contribution in [1.29, 1.82) is 0 Å². The summed E-state index contributed by atoms with van der Waals surface area (Å²) >= 11 is 0. The summed E-state index contributed by atoms with van der Waals surface area (Å²) in [5.41, 5.74) is 0.325. The number of nitrogens with zero attached hydrogens (tertiary/aromatic N) is 2. The molecule has 0 unspecified atom stereocenters. The number of urea groups is 1. The molecule has 1 saturated heterocycles. The highest BCUT2D eigenvalue weighted by atomic mass is 16.2. The zero-order valence-electron chi connectivity index (χ0n) is 15.3. The van der Waals surface area contributed by atoms with Gasteiger partial charge in [0.05, 0.1) is 6.04 Å². The number of hydrogen-bond acceptors (Lipinski definition) is 4. The second kappa shape index (κ2) is 7.45. The highest BCUT2D eigenvalue weighted by molar-refractivity contribution is 6.09. The Hall–Kier alpha value is -2.41. The minimum absolute atomic E-state index is 0.0180. The quantitative estimate of drug-likeness (QED) is 0.751. The van der Waals surface area contributed by atoms with E-state index in [1.54, 1.807) is 0 Å². The van der Waals surface area contributed by atoms with Crippen LogP contribution in [-0.2, 0) is 9.59 Å². The van der Waals surface area contributed by atoms with Gasteiger partial charge in [0.15, 0.2) is 0 Å². The van der Waals surface area contributed by atoms with Gasteiger partial charge in [0.1, 0.15) is 12.1 Å². The van der Waals surface area contributed by atoms with Gasteiger partial charge in [-0.3, -0.25) is 14.5 Å². The van der Waals surface area contributed by atoms with E-state index in [0.29, 0.717) is 19.4 Å². The molecule has 1 saturated carbocycles. The van der Waals surface area contributed by atoms with Crippen LogP contribution in [0.25, 0.3) is 0 Å². The Morgan fingerprint density at radius 2 is 1.88 bits per heavy atom. The van der Waals surface area contributed by atoms with E-state index in [9.17, 15) is 14.4 Å². The number of carbonyl (C=O) groups excluding carboxylic acids is 3. The van der Waals surface area contributed by atoms with Crippen LogP contribution in [0.3, 0.4) is 0 Å². The molecule has 0 bridgehead atoms. The lowest BCUT2D eigenvalue weighted by atomic mass is 9.98. The highest BCUT2D eigenvalue weighted by Gasteiger charge is 2.52. The first kappa shape index (κ1) is 18.4. The number of hydrogen-bond donors (Lipinski definition) is 2. The topological polar surface area (TPSA) is 81.8 Å². The van der Waals surface area contributed by atoms with Crippen molar-refractivity contribution in [2.75, 3.05) is 27.2 Å². The van der Waals surface area contributed by atoms with Crippen LogP contribution in [0.1, 0.15) is 37.3 Å². The van der Waals surface area contributed by atoms with E-state index in [-0.39, 0.29) is 24.4 Å². The normalized spacial score (nSPS) is 19.9. The average molecular weight is 358 g/mol. The molecule has 2 N–H and O–H groups in total. The van der Waals surface area contributed by atoms with Crippen molar-refractivity contribution in [3.8, 4) is 0 Å². The Labute approximate surface area is 153 Å². The molecule has 1 heterocycles. The maximum atomic E-state index is 12.6. The third kappa shape index (κ3) is 3.58. The molecule has 1 aliphatic carbocycles. The number of benzene rings is 1. The Kier molecular flexibility index (Phi) is 5.27. The fourth-order valence-corrected chi connectivity index (χ4v) is 3.82. The van der Waals surface area contributed by atoms with Crippen molar-refractivity contribution in [2.24, 2.45) is 0 Å². The number of carbonyl (C=O) groups is 3. The van der Waals surface area contributed by atoms with Gasteiger partial charge in [0, 0.05) is 6.54 Å². The minimum Gasteiger partial charge on any atom is -0.353 e. The Morgan fingerprint density at radius 3 is 2.50 bits per heavy atom. The molecule has 1 aliphatic heterocycles. The molecule has 0 radical (unpaired) electrons. The number of likely N-dealkylation sites (N-methyl/N-ethyl adjacent to an activating group) is 1. The standard InChI is InChI=1S/C19H26N4O3/c1-22(2)15(14-8-4-3-5-9-14)12-20-16(24)13-23-17(25)19(21-18(23)26)10-6-7-11-19/h3-5,8-9,15H,6-7,10-13H2,1-2H3,(H,20,24)(H,21,26)/t15-/m1/s1.